The molecule has 0 radical (unpaired) electrons. The summed E-state index contributed by atoms with van der Waals surface area (Å²) in [5.41, 5.74) is 1.72. The van der Waals surface area contributed by atoms with E-state index in [-0.39, 0.29) is 23.8 Å². The number of carbonyl (C=O) groups excluding carboxylic acids is 1. The van der Waals surface area contributed by atoms with Gasteiger partial charge in [0.2, 0.25) is 0 Å². The van der Waals surface area contributed by atoms with Crippen LogP contribution in [0.1, 0.15) is 39.2 Å². The molecule has 1 fully saturated rings. The Bertz CT molecular complexity index is 1100. The van der Waals surface area contributed by atoms with Gasteiger partial charge >= 0.3 is 12.1 Å². The third-order valence-corrected chi connectivity index (χ3v) is 6.73. The molecule has 0 unspecified atom stereocenters. The fourth-order valence-corrected chi connectivity index (χ4v) is 4.87. The summed E-state index contributed by atoms with van der Waals surface area (Å²) in [6.45, 7) is 7.35. The molecule has 1 saturated heterocycles. The topological polar surface area (TPSA) is 108 Å². The molecule has 2 aliphatic rings. The lowest BCUT2D eigenvalue weighted by Gasteiger charge is -2.33. The molecular weight excluding hydrogens is 446 g/mol. The van der Waals surface area contributed by atoms with Crippen molar-refractivity contribution in [2.75, 3.05) is 25.6 Å². The minimum absolute atomic E-state index is 0.0367. The number of hydrogen-bond donors (Lipinski definition) is 0. The number of aromatic nitrogens is 2. The van der Waals surface area contributed by atoms with E-state index in [1.807, 2.05) is 26.8 Å². The first kappa shape index (κ1) is 23.3. The van der Waals surface area contributed by atoms with Crippen molar-refractivity contribution in [3.05, 3.63) is 36.2 Å². The van der Waals surface area contributed by atoms with E-state index < -0.39 is 15.4 Å². The summed E-state index contributed by atoms with van der Waals surface area (Å²) in [4.78, 5) is 22.5. The number of rotatable bonds is 4. The van der Waals surface area contributed by atoms with Crippen LogP contribution in [0.4, 0.5) is 4.79 Å². The Morgan fingerprint density at radius 1 is 1.15 bits per heavy atom. The van der Waals surface area contributed by atoms with Gasteiger partial charge in [-0.2, -0.15) is 0 Å². The number of carbonyl (C=O) groups is 1. The van der Waals surface area contributed by atoms with E-state index in [0.29, 0.717) is 36.9 Å². The van der Waals surface area contributed by atoms with Crippen molar-refractivity contribution in [2.24, 2.45) is 5.92 Å². The van der Waals surface area contributed by atoms with Crippen LogP contribution < -0.4 is 9.47 Å². The zero-order chi connectivity index (χ0) is 23.6. The summed E-state index contributed by atoms with van der Waals surface area (Å²) in [5.74, 6) is 0.584. The van der Waals surface area contributed by atoms with Crippen LogP contribution in [0.2, 0.25) is 0 Å². The van der Waals surface area contributed by atoms with E-state index >= 15 is 0 Å². The van der Waals surface area contributed by atoms with Crippen LogP contribution in [0.25, 0.3) is 11.1 Å². The van der Waals surface area contributed by atoms with Gasteiger partial charge in [-0.3, -0.25) is 0 Å². The highest BCUT2D eigenvalue weighted by Crippen LogP contribution is 2.31. The van der Waals surface area contributed by atoms with Crippen molar-refractivity contribution in [3.8, 4) is 22.9 Å². The van der Waals surface area contributed by atoms with Crippen molar-refractivity contribution in [2.45, 2.75) is 45.0 Å². The van der Waals surface area contributed by atoms with Gasteiger partial charge in [0.25, 0.3) is 0 Å². The highest BCUT2D eigenvalue weighted by Gasteiger charge is 2.27. The lowest BCUT2D eigenvalue weighted by atomic mass is 9.98. The zero-order valence-electron chi connectivity index (χ0n) is 19.1. The number of sulfone groups is 1. The van der Waals surface area contributed by atoms with Crippen LogP contribution in [0, 0.1) is 5.92 Å². The summed E-state index contributed by atoms with van der Waals surface area (Å²) in [5, 5.41) is 0. The predicted molar refractivity (Wildman–Crippen MR) is 122 cm³/mol. The van der Waals surface area contributed by atoms with Gasteiger partial charge in [-0.05, 0) is 57.2 Å². The molecule has 0 atom stereocenters. The molecule has 4 rings (SSSR count). The first-order valence-electron chi connectivity index (χ1n) is 11.0. The second-order valence-corrected chi connectivity index (χ2v) is 11.5. The molecule has 10 heteroatoms. The fraction of sp³-hybridized carbons (Fsp3) is 0.522. The monoisotopic (exact) mass is 475 g/mol. The van der Waals surface area contributed by atoms with Crippen molar-refractivity contribution < 1.29 is 27.4 Å². The van der Waals surface area contributed by atoms with Gasteiger partial charge in [0, 0.05) is 36.6 Å². The smallest absolute Gasteiger partial charge is 0.410 e. The van der Waals surface area contributed by atoms with Crippen LogP contribution in [-0.4, -0.2) is 60.6 Å². The SMILES string of the molecule is CC(C)(C)OC(=O)N1CCC(COc2ncc(-c3ccc4c(c3)CS(=O)(=O)CO4)cn2)CC1. The van der Waals surface area contributed by atoms with Gasteiger partial charge in [0.15, 0.2) is 15.8 Å². The Kier molecular flexibility index (Phi) is 6.47. The molecular formula is C23H29N3O6S. The first-order chi connectivity index (χ1) is 15.6. The summed E-state index contributed by atoms with van der Waals surface area (Å²) >= 11 is 0. The summed E-state index contributed by atoms with van der Waals surface area (Å²) in [6, 6.07) is 5.71. The number of fused-ring (bicyclic) bond motifs is 1. The molecule has 0 bridgehead atoms. The molecule has 33 heavy (non-hydrogen) atoms. The minimum atomic E-state index is -3.24. The molecule has 1 aromatic heterocycles. The van der Waals surface area contributed by atoms with Gasteiger partial charge in [0.05, 0.1) is 12.4 Å². The highest BCUT2D eigenvalue weighted by molar-refractivity contribution is 7.90. The molecule has 2 aromatic rings. The van der Waals surface area contributed by atoms with Crippen molar-refractivity contribution in [1.82, 2.24) is 14.9 Å². The average Bonchev–Trinajstić information content (AvgIpc) is 2.76. The number of ether oxygens (including phenoxy) is 3. The van der Waals surface area contributed by atoms with Crippen molar-refractivity contribution in [3.63, 3.8) is 0 Å². The molecule has 9 nitrogen and oxygen atoms in total. The van der Waals surface area contributed by atoms with Gasteiger partial charge < -0.3 is 19.1 Å². The Labute approximate surface area is 194 Å². The Hall–Kier alpha value is -2.88. The Morgan fingerprint density at radius 3 is 2.52 bits per heavy atom. The molecule has 0 spiro atoms. The van der Waals surface area contributed by atoms with Gasteiger partial charge in [-0.15, -0.1) is 0 Å². The molecule has 1 aromatic carbocycles. The first-order valence-corrected chi connectivity index (χ1v) is 12.8. The normalized spacial score (nSPS) is 18.2. The second kappa shape index (κ2) is 9.17. The van der Waals surface area contributed by atoms with Crippen LogP contribution in [0.15, 0.2) is 30.6 Å². The van der Waals surface area contributed by atoms with E-state index in [9.17, 15) is 13.2 Å². The van der Waals surface area contributed by atoms with E-state index in [4.69, 9.17) is 14.2 Å². The van der Waals surface area contributed by atoms with Gasteiger partial charge in [-0.1, -0.05) is 6.07 Å². The molecule has 2 aliphatic heterocycles. The predicted octanol–water partition coefficient (Wildman–Crippen LogP) is 3.43. The molecule has 0 saturated carbocycles. The largest absolute Gasteiger partial charge is 0.477 e. The van der Waals surface area contributed by atoms with E-state index in [1.54, 1.807) is 29.4 Å². The zero-order valence-corrected chi connectivity index (χ0v) is 19.9. The van der Waals surface area contributed by atoms with E-state index in [1.165, 1.54) is 0 Å². The van der Waals surface area contributed by atoms with Gasteiger partial charge in [-0.25, -0.2) is 23.2 Å². The number of likely N-dealkylation sites (tertiary alicyclic amines) is 1. The number of benzene rings is 1. The second-order valence-electron chi connectivity index (χ2n) is 9.45. The maximum atomic E-state index is 12.2. The van der Waals surface area contributed by atoms with Crippen molar-refractivity contribution >= 4 is 15.9 Å². The summed E-state index contributed by atoms with van der Waals surface area (Å²) in [7, 11) is -3.24. The van der Waals surface area contributed by atoms with Crippen LogP contribution in [0.5, 0.6) is 11.8 Å². The standard InChI is InChI=1S/C23H29N3O6S/c1-23(2,3)32-22(27)26-8-6-16(7-9-26)13-30-21-24-11-19(12-25-21)17-4-5-20-18(10-17)14-33(28,29)15-31-20/h4-5,10-12,16H,6-9,13-15H2,1-3H3. The Morgan fingerprint density at radius 2 is 1.85 bits per heavy atom. The quantitative estimate of drug-likeness (QED) is 0.662. The number of piperidine rings is 1. The average molecular weight is 476 g/mol. The maximum absolute atomic E-state index is 12.2. The lowest BCUT2D eigenvalue weighted by molar-refractivity contribution is 0.0163. The third kappa shape index (κ3) is 6.13. The lowest BCUT2D eigenvalue weighted by Crippen LogP contribution is -2.42. The maximum Gasteiger partial charge on any atom is 0.410 e. The van der Waals surface area contributed by atoms with Crippen molar-refractivity contribution in [1.29, 1.82) is 0 Å². The number of nitrogens with zero attached hydrogens (tertiary/aromatic N) is 3. The van der Waals surface area contributed by atoms with E-state index in [0.717, 1.165) is 24.0 Å². The van der Waals surface area contributed by atoms with Crippen LogP contribution in [0.3, 0.4) is 0 Å². The van der Waals surface area contributed by atoms with Gasteiger partial charge in [0.1, 0.15) is 11.4 Å². The number of amides is 1. The fourth-order valence-electron chi connectivity index (χ4n) is 3.79. The number of hydrogen-bond acceptors (Lipinski definition) is 8. The minimum Gasteiger partial charge on any atom is -0.477 e. The molecule has 0 N–H and O–H groups in total. The molecule has 1 amide bonds. The van der Waals surface area contributed by atoms with Crippen LogP contribution in [-0.2, 0) is 20.3 Å². The molecule has 178 valence electrons. The highest BCUT2D eigenvalue weighted by atomic mass is 32.2. The summed E-state index contributed by atoms with van der Waals surface area (Å²) < 4.78 is 40.2. The summed E-state index contributed by atoms with van der Waals surface area (Å²) in [6.07, 6.45) is 4.71. The van der Waals surface area contributed by atoms with Crippen LogP contribution >= 0.6 is 0 Å². The van der Waals surface area contributed by atoms with E-state index in [2.05, 4.69) is 9.97 Å². The Balaban J connectivity index is 1.29. The molecule has 3 heterocycles. The molecule has 0 aliphatic carbocycles. The third-order valence-electron chi connectivity index (χ3n) is 5.51.